The Labute approximate surface area is 299 Å². The number of β-amino-alcohol motifs (C(OH)–C–C–N with tert-alkyl or cyclic N) is 1. The number of nitrogens with one attached hydrogen (secondary N) is 2. The highest BCUT2D eigenvalue weighted by Gasteiger charge is 2.53. The second kappa shape index (κ2) is 18.2. The fourth-order valence-electron chi connectivity index (χ4n) is 6.32. The van der Waals surface area contributed by atoms with E-state index in [-0.39, 0.29) is 32.4 Å². The van der Waals surface area contributed by atoms with Crippen LogP contribution in [0.3, 0.4) is 0 Å². The van der Waals surface area contributed by atoms with Gasteiger partial charge in [0.2, 0.25) is 11.8 Å². The number of amides is 3. The van der Waals surface area contributed by atoms with Crippen molar-refractivity contribution in [2.75, 3.05) is 13.2 Å². The molecule has 4 rings (SSSR count). The number of aliphatic hydroxyl groups excluding tert-OH is 1. The van der Waals surface area contributed by atoms with Gasteiger partial charge in [0, 0.05) is 31.5 Å². The molecule has 2 aromatic rings. The molecule has 3 N–H and O–H groups in total. The Morgan fingerprint density at radius 1 is 1.10 bits per heavy atom. The lowest BCUT2D eigenvalue weighted by Gasteiger charge is -2.35. The first-order valence-corrected chi connectivity index (χ1v) is 19.1. The number of thiazole rings is 1. The second-order valence-corrected chi connectivity index (χ2v) is 15.8. The SMILES string of the molecule is Cc1ncsc1-c1ccc(CNC(=O)[C@@H]2C[C@@H](O)CN2C(=O)C(NC(=O)C2(F)CC2)C(C)(C)C)c(OCCCCCCCCCCCC=O)c1. The van der Waals surface area contributed by atoms with Gasteiger partial charge in [0.15, 0.2) is 5.67 Å². The van der Waals surface area contributed by atoms with E-state index in [9.17, 15) is 28.7 Å². The molecule has 1 aliphatic carbocycles. The number of unbranched alkanes of at least 4 members (excludes halogenated alkanes) is 9. The molecule has 1 aromatic heterocycles. The van der Waals surface area contributed by atoms with Gasteiger partial charge in [-0.25, -0.2) is 9.37 Å². The summed E-state index contributed by atoms with van der Waals surface area (Å²) in [7, 11) is 0. The predicted molar refractivity (Wildman–Crippen MR) is 192 cm³/mol. The largest absolute Gasteiger partial charge is 0.493 e. The molecule has 50 heavy (non-hydrogen) atoms. The number of aldehydes is 1. The molecule has 12 heteroatoms. The number of carbonyl (C=O) groups excluding carboxylic acids is 4. The van der Waals surface area contributed by atoms with E-state index in [1.54, 1.807) is 32.1 Å². The van der Waals surface area contributed by atoms with Gasteiger partial charge in [-0.3, -0.25) is 14.4 Å². The minimum absolute atomic E-state index is 0.0567. The Kier molecular flexibility index (Phi) is 14.4. The maximum Gasteiger partial charge on any atom is 0.258 e. The molecule has 0 bridgehead atoms. The molecule has 0 radical (unpaired) electrons. The Morgan fingerprint density at radius 3 is 2.36 bits per heavy atom. The predicted octanol–water partition coefficient (Wildman–Crippen LogP) is 6.21. The van der Waals surface area contributed by atoms with E-state index in [0.717, 1.165) is 60.1 Å². The highest BCUT2D eigenvalue weighted by atomic mass is 32.1. The van der Waals surface area contributed by atoms with E-state index in [1.807, 2.05) is 30.6 Å². The van der Waals surface area contributed by atoms with Crippen LogP contribution in [-0.4, -0.2) is 76.0 Å². The molecule has 1 aromatic carbocycles. The van der Waals surface area contributed by atoms with E-state index in [0.29, 0.717) is 18.8 Å². The van der Waals surface area contributed by atoms with Crippen LogP contribution >= 0.6 is 11.3 Å². The van der Waals surface area contributed by atoms with Gasteiger partial charge in [-0.15, -0.1) is 11.3 Å². The Balaban J connectivity index is 1.36. The third kappa shape index (κ3) is 11.1. The van der Waals surface area contributed by atoms with Crippen LogP contribution in [0.4, 0.5) is 4.39 Å². The van der Waals surface area contributed by atoms with Crippen LogP contribution in [0.1, 0.15) is 115 Å². The van der Waals surface area contributed by atoms with Crippen molar-refractivity contribution >= 4 is 35.3 Å². The monoisotopic (exact) mass is 714 g/mol. The summed E-state index contributed by atoms with van der Waals surface area (Å²) in [6.45, 7) is 7.92. The molecule has 276 valence electrons. The van der Waals surface area contributed by atoms with Crippen molar-refractivity contribution in [1.29, 1.82) is 0 Å². The summed E-state index contributed by atoms with van der Waals surface area (Å²) < 4.78 is 20.8. The number of alkyl halides is 1. The number of hydrogen-bond acceptors (Lipinski definition) is 8. The van der Waals surface area contributed by atoms with Crippen molar-refractivity contribution in [1.82, 2.24) is 20.5 Å². The standard InChI is InChI=1S/C38H55FN4O6S/c1-26-32(50-25-41-26)27-15-16-28(31(21-27)49-20-14-12-10-8-6-5-7-9-11-13-19-44)23-40-34(46)30-22-29(45)24-43(30)35(47)33(37(2,3)4)42-36(48)38(39)17-18-38/h15-16,19,21,25,29-30,33,45H,5-14,17-18,20,22-24H2,1-4H3,(H,40,46)(H,42,48)/t29-,30+,33?/m1/s1. The summed E-state index contributed by atoms with van der Waals surface area (Å²) in [4.78, 5) is 57.2. The maximum absolute atomic E-state index is 14.5. The molecule has 0 spiro atoms. The van der Waals surface area contributed by atoms with Crippen LogP contribution in [-0.2, 0) is 25.7 Å². The van der Waals surface area contributed by atoms with Gasteiger partial charge in [-0.2, -0.15) is 0 Å². The van der Waals surface area contributed by atoms with E-state index in [1.165, 1.54) is 30.6 Å². The third-order valence-electron chi connectivity index (χ3n) is 9.60. The van der Waals surface area contributed by atoms with Crippen LogP contribution in [0, 0.1) is 12.3 Å². The summed E-state index contributed by atoms with van der Waals surface area (Å²) in [5.74, 6) is -1.08. The van der Waals surface area contributed by atoms with Gasteiger partial charge < -0.3 is 30.2 Å². The average molecular weight is 715 g/mol. The van der Waals surface area contributed by atoms with Crippen molar-refractivity contribution in [3.05, 3.63) is 35.0 Å². The van der Waals surface area contributed by atoms with Crippen molar-refractivity contribution < 1.29 is 33.4 Å². The minimum atomic E-state index is -1.95. The molecule has 2 aliphatic rings. The smallest absolute Gasteiger partial charge is 0.258 e. The van der Waals surface area contributed by atoms with Crippen LogP contribution in [0.15, 0.2) is 23.7 Å². The van der Waals surface area contributed by atoms with E-state index < -0.39 is 47.0 Å². The summed E-state index contributed by atoms with van der Waals surface area (Å²) in [5, 5.41) is 16.1. The number of aryl methyl sites for hydroxylation is 1. The first kappa shape index (κ1) is 39.4. The number of rotatable bonds is 20. The lowest BCUT2D eigenvalue weighted by atomic mass is 9.85. The lowest BCUT2D eigenvalue weighted by Crippen LogP contribution is -2.59. The topological polar surface area (TPSA) is 138 Å². The molecule has 1 saturated carbocycles. The molecule has 1 aliphatic heterocycles. The lowest BCUT2D eigenvalue weighted by molar-refractivity contribution is -0.145. The van der Waals surface area contributed by atoms with Crippen LogP contribution in [0.2, 0.25) is 0 Å². The fraction of sp³-hybridized carbons (Fsp3) is 0.658. The minimum Gasteiger partial charge on any atom is -0.493 e. The summed E-state index contributed by atoms with van der Waals surface area (Å²) in [6, 6.07) is 3.89. The highest BCUT2D eigenvalue weighted by molar-refractivity contribution is 7.13. The Morgan fingerprint density at radius 2 is 1.76 bits per heavy atom. The van der Waals surface area contributed by atoms with E-state index in [4.69, 9.17) is 4.74 Å². The van der Waals surface area contributed by atoms with Gasteiger partial charge in [-0.05, 0) is 49.7 Å². The normalized spacial score (nSPS) is 18.8. The van der Waals surface area contributed by atoms with E-state index >= 15 is 0 Å². The number of aromatic nitrogens is 1. The number of likely N-dealkylation sites (tertiary alicyclic amines) is 1. The molecule has 1 saturated heterocycles. The zero-order valence-corrected chi connectivity index (χ0v) is 30.9. The first-order valence-electron chi connectivity index (χ1n) is 18.2. The molecule has 1 unspecified atom stereocenters. The van der Waals surface area contributed by atoms with Gasteiger partial charge in [0.1, 0.15) is 24.1 Å². The zero-order chi connectivity index (χ0) is 36.3. The molecule has 2 fully saturated rings. The number of carbonyl (C=O) groups is 4. The molecule has 3 atom stereocenters. The van der Waals surface area contributed by atoms with Crippen molar-refractivity contribution in [2.45, 2.75) is 142 Å². The summed E-state index contributed by atoms with van der Waals surface area (Å²) >= 11 is 1.55. The summed E-state index contributed by atoms with van der Waals surface area (Å²) in [5.41, 5.74) is 1.81. The highest BCUT2D eigenvalue weighted by Crippen LogP contribution is 2.40. The van der Waals surface area contributed by atoms with Gasteiger partial charge in [0.05, 0.1) is 28.8 Å². The fourth-order valence-corrected chi connectivity index (χ4v) is 7.12. The molecular formula is C38H55FN4O6S. The van der Waals surface area contributed by atoms with Crippen molar-refractivity contribution in [2.24, 2.45) is 5.41 Å². The Hall–Kier alpha value is -3.38. The van der Waals surface area contributed by atoms with Gasteiger partial charge >= 0.3 is 0 Å². The van der Waals surface area contributed by atoms with Crippen molar-refractivity contribution in [3.63, 3.8) is 0 Å². The number of hydrogen-bond donors (Lipinski definition) is 3. The molecule has 10 nitrogen and oxygen atoms in total. The van der Waals surface area contributed by atoms with E-state index in [2.05, 4.69) is 15.6 Å². The van der Waals surface area contributed by atoms with Crippen molar-refractivity contribution in [3.8, 4) is 16.2 Å². The molecule has 3 amide bonds. The maximum atomic E-state index is 14.5. The molecular weight excluding hydrogens is 660 g/mol. The van der Waals surface area contributed by atoms with Gasteiger partial charge in [-0.1, -0.05) is 77.8 Å². The number of halogens is 1. The quantitative estimate of drug-likeness (QED) is 0.110. The number of nitrogens with zero attached hydrogens (tertiary/aromatic N) is 2. The number of aliphatic hydroxyl groups is 1. The van der Waals surface area contributed by atoms with Crippen LogP contribution in [0.5, 0.6) is 5.75 Å². The van der Waals surface area contributed by atoms with Crippen LogP contribution < -0.4 is 15.4 Å². The zero-order valence-electron chi connectivity index (χ0n) is 30.1. The Bertz CT molecular complexity index is 1450. The number of ether oxygens (including phenoxy) is 1. The second-order valence-electron chi connectivity index (χ2n) is 14.9. The third-order valence-corrected chi connectivity index (χ3v) is 10.6. The van der Waals surface area contributed by atoms with Gasteiger partial charge in [0.25, 0.3) is 5.91 Å². The molecule has 2 heterocycles. The first-order chi connectivity index (χ1) is 23.8. The summed E-state index contributed by atoms with van der Waals surface area (Å²) in [6.07, 6.45) is 11.0. The van der Waals surface area contributed by atoms with Crippen LogP contribution in [0.25, 0.3) is 10.4 Å². The number of benzene rings is 1. The average Bonchev–Trinajstić information content (AvgIpc) is 3.48.